The third-order valence-corrected chi connectivity index (χ3v) is 3.90. The molecule has 0 unspecified atom stereocenters. The van der Waals surface area contributed by atoms with Crippen molar-refractivity contribution in [3.8, 4) is 0 Å². The van der Waals surface area contributed by atoms with Gasteiger partial charge in [-0.1, -0.05) is 6.07 Å². The SMILES string of the molecule is COC(=O)c1cc(N[C@H]2CN(C(=O)OC(C)(C)C)C[C@H]2F)ccc1C. The number of anilines is 1. The Balaban J connectivity index is 2.06. The van der Waals surface area contributed by atoms with E-state index in [1.54, 1.807) is 45.9 Å². The van der Waals surface area contributed by atoms with E-state index in [0.717, 1.165) is 5.56 Å². The van der Waals surface area contributed by atoms with Crippen LogP contribution in [0.4, 0.5) is 14.9 Å². The number of likely N-dealkylation sites (tertiary alicyclic amines) is 1. The van der Waals surface area contributed by atoms with Crippen LogP contribution in [0.1, 0.15) is 36.7 Å². The van der Waals surface area contributed by atoms with Crippen LogP contribution in [-0.4, -0.2) is 55.0 Å². The fourth-order valence-electron chi connectivity index (χ4n) is 2.63. The summed E-state index contributed by atoms with van der Waals surface area (Å²) < 4.78 is 24.3. The second kappa shape index (κ2) is 7.29. The first kappa shape index (κ1) is 19.0. The molecule has 0 saturated carbocycles. The summed E-state index contributed by atoms with van der Waals surface area (Å²) in [6.07, 6.45) is -1.76. The summed E-state index contributed by atoms with van der Waals surface area (Å²) in [6, 6.07) is 4.59. The molecule has 6 nitrogen and oxygen atoms in total. The molecule has 7 heteroatoms. The second-order valence-corrected chi connectivity index (χ2v) is 7.17. The number of carbonyl (C=O) groups is 2. The van der Waals surface area contributed by atoms with Crippen LogP contribution in [0.2, 0.25) is 0 Å². The molecule has 1 aromatic rings. The van der Waals surface area contributed by atoms with Crippen molar-refractivity contribution >= 4 is 17.7 Å². The van der Waals surface area contributed by atoms with E-state index in [1.165, 1.54) is 12.0 Å². The third kappa shape index (κ3) is 4.84. The van der Waals surface area contributed by atoms with E-state index < -0.39 is 29.9 Å². The maximum absolute atomic E-state index is 14.3. The van der Waals surface area contributed by atoms with Gasteiger partial charge in [-0.05, 0) is 45.4 Å². The Morgan fingerprint density at radius 2 is 1.96 bits per heavy atom. The number of benzene rings is 1. The number of carbonyl (C=O) groups excluding carboxylic acids is 2. The number of nitrogens with one attached hydrogen (secondary N) is 1. The first-order valence-electron chi connectivity index (χ1n) is 8.18. The molecule has 2 atom stereocenters. The average Bonchev–Trinajstić information content (AvgIpc) is 2.88. The van der Waals surface area contributed by atoms with E-state index in [9.17, 15) is 14.0 Å². The highest BCUT2D eigenvalue weighted by Gasteiger charge is 2.37. The van der Waals surface area contributed by atoms with Crippen molar-refractivity contribution in [3.63, 3.8) is 0 Å². The minimum absolute atomic E-state index is 0.0255. The number of esters is 1. The van der Waals surface area contributed by atoms with Gasteiger partial charge >= 0.3 is 12.1 Å². The fraction of sp³-hybridized carbons (Fsp3) is 0.556. The molecule has 0 aliphatic carbocycles. The highest BCUT2D eigenvalue weighted by molar-refractivity contribution is 5.92. The van der Waals surface area contributed by atoms with Gasteiger partial charge < -0.3 is 19.7 Å². The van der Waals surface area contributed by atoms with Crippen LogP contribution in [0.15, 0.2) is 18.2 Å². The van der Waals surface area contributed by atoms with E-state index in [0.29, 0.717) is 11.3 Å². The molecule has 0 radical (unpaired) electrons. The summed E-state index contributed by atoms with van der Waals surface area (Å²) in [5.74, 6) is -0.445. The summed E-state index contributed by atoms with van der Waals surface area (Å²) in [4.78, 5) is 25.2. The predicted octanol–water partition coefficient (Wildman–Crippen LogP) is 3.15. The molecular formula is C18H25FN2O4. The lowest BCUT2D eigenvalue weighted by Crippen LogP contribution is -2.36. The Bertz CT molecular complexity index is 657. The lowest BCUT2D eigenvalue weighted by Gasteiger charge is -2.24. The molecule has 1 aromatic carbocycles. The molecule has 25 heavy (non-hydrogen) atoms. The van der Waals surface area contributed by atoms with Crippen molar-refractivity contribution in [2.45, 2.75) is 45.5 Å². The van der Waals surface area contributed by atoms with E-state index in [2.05, 4.69) is 5.32 Å². The molecule has 0 spiro atoms. The standard InChI is InChI=1S/C18H25FN2O4/c1-11-6-7-12(8-13(11)16(22)24-5)20-15-10-21(9-14(15)19)17(23)25-18(2,3)4/h6-8,14-15,20H,9-10H2,1-5H3/t14-,15+/m1/s1. The minimum atomic E-state index is -1.23. The number of methoxy groups -OCH3 is 1. The van der Waals surface area contributed by atoms with Crippen LogP contribution in [0.25, 0.3) is 0 Å². The van der Waals surface area contributed by atoms with Crippen LogP contribution in [0.5, 0.6) is 0 Å². The van der Waals surface area contributed by atoms with Gasteiger partial charge in [-0.25, -0.2) is 14.0 Å². The predicted molar refractivity (Wildman–Crippen MR) is 92.6 cm³/mol. The number of nitrogens with zero attached hydrogens (tertiary/aromatic N) is 1. The Kier molecular flexibility index (Phi) is 5.55. The molecule has 0 aromatic heterocycles. The zero-order valence-corrected chi connectivity index (χ0v) is 15.3. The zero-order chi connectivity index (χ0) is 18.8. The lowest BCUT2D eigenvalue weighted by atomic mass is 10.1. The Hall–Kier alpha value is -2.31. The van der Waals surface area contributed by atoms with Crippen LogP contribution >= 0.6 is 0 Å². The molecule has 2 rings (SSSR count). The largest absolute Gasteiger partial charge is 0.465 e. The summed E-state index contributed by atoms with van der Waals surface area (Å²) in [5.41, 5.74) is 1.17. The van der Waals surface area contributed by atoms with Gasteiger partial charge in [-0.15, -0.1) is 0 Å². The van der Waals surface area contributed by atoms with Gasteiger partial charge in [-0.3, -0.25) is 0 Å². The van der Waals surface area contributed by atoms with Gasteiger partial charge in [0.25, 0.3) is 0 Å². The molecule has 1 heterocycles. The summed E-state index contributed by atoms with van der Waals surface area (Å²) >= 11 is 0. The summed E-state index contributed by atoms with van der Waals surface area (Å²) in [7, 11) is 1.31. The molecular weight excluding hydrogens is 327 g/mol. The van der Waals surface area contributed by atoms with Crippen molar-refractivity contribution in [2.24, 2.45) is 0 Å². The highest BCUT2D eigenvalue weighted by Crippen LogP contribution is 2.23. The highest BCUT2D eigenvalue weighted by atomic mass is 19.1. The lowest BCUT2D eigenvalue weighted by molar-refractivity contribution is 0.0283. The number of hydrogen-bond donors (Lipinski definition) is 1. The molecule has 1 fully saturated rings. The molecule has 1 aliphatic rings. The van der Waals surface area contributed by atoms with Gasteiger partial charge in [0.15, 0.2) is 0 Å². The fourth-order valence-corrected chi connectivity index (χ4v) is 2.63. The quantitative estimate of drug-likeness (QED) is 0.847. The molecule has 1 amide bonds. The average molecular weight is 352 g/mol. The van der Waals surface area contributed by atoms with E-state index in [4.69, 9.17) is 9.47 Å². The second-order valence-electron chi connectivity index (χ2n) is 7.17. The van der Waals surface area contributed by atoms with Gasteiger partial charge in [-0.2, -0.15) is 0 Å². The Morgan fingerprint density at radius 1 is 1.28 bits per heavy atom. The van der Waals surface area contributed by atoms with Gasteiger partial charge in [0, 0.05) is 12.2 Å². The van der Waals surface area contributed by atoms with Crippen LogP contribution in [0, 0.1) is 6.92 Å². The molecule has 1 N–H and O–H groups in total. The summed E-state index contributed by atoms with van der Waals surface area (Å²) in [6.45, 7) is 7.27. The topological polar surface area (TPSA) is 67.9 Å². The first-order chi connectivity index (χ1) is 11.6. The van der Waals surface area contributed by atoms with Crippen molar-refractivity contribution in [1.29, 1.82) is 0 Å². The van der Waals surface area contributed by atoms with Gasteiger partial charge in [0.05, 0.1) is 25.3 Å². The van der Waals surface area contributed by atoms with Crippen LogP contribution in [0.3, 0.4) is 0 Å². The number of halogens is 1. The first-order valence-corrected chi connectivity index (χ1v) is 8.18. The van der Waals surface area contributed by atoms with E-state index in [1.807, 2.05) is 0 Å². The monoisotopic (exact) mass is 352 g/mol. The molecule has 138 valence electrons. The number of hydrogen-bond acceptors (Lipinski definition) is 5. The maximum atomic E-state index is 14.3. The number of amides is 1. The van der Waals surface area contributed by atoms with Crippen molar-refractivity contribution in [2.75, 3.05) is 25.5 Å². The maximum Gasteiger partial charge on any atom is 0.410 e. The van der Waals surface area contributed by atoms with Crippen molar-refractivity contribution < 1.29 is 23.5 Å². The number of alkyl halides is 1. The molecule has 1 saturated heterocycles. The minimum Gasteiger partial charge on any atom is -0.465 e. The number of ether oxygens (including phenoxy) is 2. The Labute approximate surface area is 147 Å². The number of aryl methyl sites for hydroxylation is 1. The molecule has 1 aliphatic heterocycles. The smallest absolute Gasteiger partial charge is 0.410 e. The van der Waals surface area contributed by atoms with Crippen LogP contribution < -0.4 is 5.32 Å². The zero-order valence-electron chi connectivity index (χ0n) is 15.3. The van der Waals surface area contributed by atoms with E-state index in [-0.39, 0.29) is 13.1 Å². The van der Waals surface area contributed by atoms with Crippen molar-refractivity contribution in [1.82, 2.24) is 4.90 Å². The summed E-state index contributed by atoms with van der Waals surface area (Å²) in [5, 5.41) is 3.05. The Morgan fingerprint density at radius 3 is 2.56 bits per heavy atom. The number of rotatable bonds is 3. The normalized spacial score (nSPS) is 20.3. The van der Waals surface area contributed by atoms with Crippen LogP contribution in [-0.2, 0) is 9.47 Å². The third-order valence-electron chi connectivity index (χ3n) is 3.90. The molecule has 0 bridgehead atoms. The van der Waals surface area contributed by atoms with Crippen molar-refractivity contribution in [3.05, 3.63) is 29.3 Å². The van der Waals surface area contributed by atoms with E-state index >= 15 is 0 Å². The van der Waals surface area contributed by atoms with Gasteiger partial charge in [0.2, 0.25) is 0 Å². The van der Waals surface area contributed by atoms with Gasteiger partial charge in [0.1, 0.15) is 11.8 Å².